The summed E-state index contributed by atoms with van der Waals surface area (Å²) in [6.07, 6.45) is 3.82. The van der Waals surface area contributed by atoms with Gasteiger partial charge in [0.15, 0.2) is 5.76 Å². The van der Waals surface area contributed by atoms with Crippen molar-refractivity contribution in [3.8, 4) is 17.2 Å². The molecule has 0 saturated carbocycles. The lowest BCUT2D eigenvalue weighted by Gasteiger charge is -2.13. The Hall–Kier alpha value is -3.99. The van der Waals surface area contributed by atoms with E-state index in [2.05, 4.69) is 6.07 Å². The summed E-state index contributed by atoms with van der Waals surface area (Å²) in [6, 6.07) is 19.4. The van der Waals surface area contributed by atoms with Crippen LogP contribution in [-0.4, -0.2) is 17.5 Å². The Balaban J connectivity index is 1.43. The van der Waals surface area contributed by atoms with Gasteiger partial charge in [0.05, 0.1) is 12.7 Å². The molecule has 0 unspecified atom stereocenters. The zero-order valence-electron chi connectivity index (χ0n) is 18.2. The van der Waals surface area contributed by atoms with Crippen LogP contribution in [-0.2, 0) is 13.7 Å². The number of para-hydroxylation sites is 2. The number of rotatable bonds is 5. The predicted molar refractivity (Wildman–Crippen MR) is 124 cm³/mol. The van der Waals surface area contributed by atoms with E-state index in [-0.39, 0.29) is 5.78 Å². The number of aromatic nitrogens is 1. The first kappa shape index (κ1) is 19.9. The topological polar surface area (TPSA) is 49.7 Å². The minimum atomic E-state index is -0.118. The molecule has 0 radical (unpaired) electrons. The van der Waals surface area contributed by atoms with E-state index in [1.54, 1.807) is 13.2 Å². The number of ketones is 1. The first-order valence-corrected chi connectivity index (χ1v) is 10.4. The highest BCUT2D eigenvalue weighted by Crippen LogP contribution is 2.40. The van der Waals surface area contributed by atoms with Crippen LogP contribution < -0.4 is 14.2 Å². The van der Waals surface area contributed by atoms with Crippen molar-refractivity contribution in [2.75, 3.05) is 7.11 Å². The zero-order valence-corrected chi connectivity index (χ0v) is 18.2. The fourth-order valence-corrected chi connectivity index (χ4v) is 4.13. The van der Waals surface area contributed by atoms with E-state index in [1.165, 1.54) is 0 Å². The summed E-state index contributed by atoms with van der Waals surface area (Å²) in [7, 11) is 3.63. The third kappa shape index (κ3) is 3.32. The van der Waals surface area contributed by atoms with E-state index in [0.29, 0.717) is 29.4 Å². The van der Waals surface area contributed by atoms with Crippen LogP contribution in [0.5, 0.6) is 17.2 Å². The summed E-state index contributed by atoms with van der Waals surface area (Å²) in [5.41, 5.74) is 4.35. The van der Waals surface area contributed by atoms with E-state index >= 15 is 0 Å². The molecule has 0 amide bonds. The maximum Gasteiger partial charge on any atom is 0.231 e. The first-order chi connectivity index (χ1) is 15.6. The maximum absolute atomic E-state index is 13.0. The standard InChI is InChI=1S/C27H23NO4/c1-17-23(31-16-18-8-4-7-11-24(18)30-3)13-12-21-26(29)25(32-27(17)21)14-19-15-28(2)22-10-6-5-9-20(19)22/h4-15H,16H2,1-3H3/b25-14+. The van der Waals surface area contributed by atoms with Crippen LogP contribution in [0.4, 0.5) is 0 Å². The molecule has 5 rings (SSSR count). The molecule has 160 valence electrons. The summed E-state index contributed by atoms with van der Waals surface area (Å²) in [6.45, 7) is 2.26. The smallest absolute Gasteiger partial charge is 0.231 e. The summed E-state index contributed by atoms with van der Waals surface area (Å²) in [5.74, 6) is 2.21. The Morgan fingerprint density at radius 2 is 1.78 bits per heavy atom. The molecule has 0 N–H and O–H groups in total. The van der Waals surface area contributed by atoms with Crippen molar-refractivity contribution in [2.24, 2.45) is 7.05 Å². The number of allylic oxidation sites excluding steroid dienone is 1. The molecule has 0 saturated heterocycles. The van der Waals surface area contributed by atoms with Crippen molar-refractivity contribution in [1.82, 2.24) is 4.57 Å². The Morgan fingerprint density at radius 3 is 2.62 bits per heavy atom. The molecule has 0 fully saturated rings. The molecule has 0 bridgehead atoms. The van der Waals surface area contributed by atoms with Crippen molar-refractivity contribution < 1.29 is 19.0 Å². The SMILES string of the molecule is COc1ccccc1COc1ccc2c(c1C)O/C(=C/c1cn(C)c3ccccc13)C2=O. The number of ether oxygens (including phenoxy) is 3. The van der Waals surface area contributed by atoms with Crippen molar-refractivity contribution in [3.05, 3.63) is 94.9 Å². The summed E-state index contributed by atoms with van der Waals surface area (Å²) in [4.78, 5) is 13.0. The number of carbonyl (C=O) groups excluding carboxylic acids is 1. The number of benzene rings is 3. The van der Waals surface area contributed by atoms with Crippen LogP contribution >= 0.6 is 0 Å². The maximum atomic E-state index is 13.0. The average Bonchev–Trinajstić information content (AvgIpc) is 3.31. The summed E-state index contributed by atoms with van der Waals surface area (Å²) < 4.78 is 19.5. The molecule has 5 nitrogen and oxygen atoms in total. The lowest BCUT2D eigenvalue weighted by molar-refractivity contribution is 0.101. The molecule has 0 spiro atoms. The van der Waals surface area contributed by atoms with Crippen LogP contribution in [0.3, 0.4) is 0 Å². The number of nitrogens with zero attached hydrogens (tertiary/aromatic N) is 1. The van der Waals surface area contributed by atoms with Gasteiger partial charge in [0, 0.05) is 40.8 Å². The van der Waals surface area contributed by atoms with E-state index < -0.39 is 0 Å². The Kier molecular flexibility index (Phi) is 4.94. The molecule has 4 aromatic rings. The van der Waals surface area contributed by atoms with Crippen LogP contribution in [0.15, 0.2) is 72.6 Å². The number of methoxy groups -OCH3 is 1. The zero-order chi connectivity index (χ0) is 22.2. The van der Waals surface area contributed by atoms with Gasteiger partial charge in [-0.2, -0.15) is 0 Å². The summed E-state index contributed by atoms with van der Waals surface area (Å²) in [5, 5.41) is 1.08. The van der Waals surface area contributed by atoms with Gasteiger partial charge in [-0.15, -0.1) is 0 Å². The highest BCUT2D eigenvalue weighted by molar-refractivity contribution is 6.15. The number of hydrogen-bond acceptors (Lipinski definition) is 4. The number of aryl methyl sites for hydroxylation is 1. The number of carbonyl (C=O) groups is 1. The molecule has 1 aliphatic heterocycles. The van der Waals surface area contributed by atoms with Crippen molar-refractivity contribution in [1.29, 1.82) is 0 Å². The van der Waals surface area contributed by atoms with Crippen molar-refractivity contribution in [3.63, 3.8) is 0 Å². The first-order valence-electron chi connectivity index (χ1n) is 10.4. The second kappa shape index (κ2) is 7.93. The lowest BCUT2D eigenvalue weighted by Crippen LogP contribution is -2.00. The van der Waals surface area contributed by atoms with Gasteiger partial charge in [0.1, 0.15) is 23.9 Å². The number of hydrogen-bond donors (Lipinski definition) is 0. The van der Waals surface area contributed by atoms with Crippen LogP contribution in [0.1, 0.15) is 27.0 Å². The van der Waals surface area contributed by atoms with E-state index in [0.717, 1.165) is 33.3 Å². The van der Waals surface area contributed by atoms with Crippen molar-refractivity contribution >= 4 is 22.8 Å². The molecule has 3 aromatic carbocycles. The number of Topliss-reactive ketones (excluding diaryl/α,β-unsaturated/α-hetero) is 1. The van der Waals surface area contributed by atoms with E-state index in [4.69, 9.17) is 14.2 Å². The van der Waals surface area contributed by atoms with Gasteiger partial charge in [0.25, 0.3) is 0 Å². The molecular formula is C27H23NO4. The molecule has 5 heteroatoms. The average molecular weight is 425 g/mol. The fourth-order valence-electron chi connectivity index (χ4n) is 4.13. The molecule has 1 aromatic heterocycles. The van der Waals surface area contributed by atoms with E-state index in [9.17, 15) is 4.79 Å². The Labute approximate surface area is 186 Å². The van der Waals surface area contributed by atoms with Gasteiger partial charge in [0.2, 0.25) is 5.78 Å². The normalized spacial score (nSPS) is 14.0. The fraction of sp³-hybridized carbons (Fsp3) is 0.148. The van der Waals surface area contributed by atoms with Gasteiger partial charge in [-0.05, 0) is 37.3 Å². The highest BCUT2D eigenvalue weighted by atomic mass is 16.5. The largest absolute Gasteiger partial charge is 0.496 e. The van der Waals surface area contributed by atoms with Crippen LogP contribution in [0.2, 0.25) is 0 Å². The Bertz CT molecular complexity index is 1380. The summed E-state index contributed by atoms with van der Waals surface area (Å²) >= 11 is 0. The highest BCUT2D eigenvalue weighted by Gasteiger charge is 2.30. The predicted octanol–water partition coefficient (Wildman–Crippen LogP) is 5.69. The van der Waals surface area contributed by atoms with Gasteiger partial charge in [-0.25, -0.2) is 0 Å². The minimum absolute atomic E-state index is 0.118. The van der Waals surface area contributed by atoms with Gasteiger partial charge in [-0.3, -0.25) is 4.79 Å². The van der Waals surface area contributed by atoms with Gasteiger partial charge in [-0.1, -0.05) is 36.4 Å². The molecule has 0 atom stereocenters. The third-order valence-corrected chi connectivity index (χ3v) is 5.83. The molecule has 0 aliphatic carbocycles. The van der Waals surface area contributed by atoms with Crippen molar-refractivity contribution in [2.45, 2.75) is 13.5 Å². The minimum Gasteiger partial charge on any atom is -0.496 e. The molecular weight excluding hydrogens is 402 g/mol. The molecule has 2 heterocycles. The quantitative estimate of drug-likeness (QED) is 0.386. The molecule has 32 heavy (non-hydrogen) atoms. The number of fused-ring (bicyclic) bond motifs is 2. The van der Waals surface area contributed by atoms with E-state index in [1.807, 2.05) is 79.3 Å². The lowest BCUT2D eigenvalue weighted by atomic mass is 10.1. The van der Waals surface area contributed by atoms with Crippen LogP contribution in [0, 0.1) is 6.92 Å². The monoisotopic (exact) mass is 425 g/mol. The second-order valence-corrected chi connectivity index (χ2v) is 7.82. The Morgan fingerprint density at radius 1 is 1.00 bits per heavy atom. The van der Waals surface area contributed by atoms with Crippen LogP contribution in [0.25, 0.3) is 17.0 Å². The van der Waals surface area contributed by atoms with Gasteiger partial charge >= 0.3 is 0 Å². The van der Waals surface area contributed by atoms with Gasteiger partial charge < -0.3 is 18.8 Å². The third-order valence-electron chi connectivity index (χ3n) is 5.83. The second-order valence-electron chi connectivity index (χ2n) is 7.82. The molecule has 1 aliphatic rings.